The third-order valence-electron chi connectivity index (χ3n) is 5.66. The first kappa shape index (κ1) is 29.4. The molecule has 0 aliphatic rings. The van der Waals surface area contributed by atoms with Crippen LogP contribution in [-0.2, 0) is 22.6 Å². The summed E-state index contributed by atoms with van der Waals surface area (Å²) in [5, 5.41) is 4.56. The molecule has 8 heteroatoms. The fraction of sp³-hybridized carbons (Fsp3) is 0.310. The molecule has 3 rings (SSSR count). The number of carbonyl (C=O) groups excluding carboxylic acids is 2. The van der Waals surface area contributed by atoms with E-state index in [-0.39, 0.29) is 24.4 Å². The van der Waals surface area contributed by atoms with Gasteiger partial charge in [0, 0.05) is 35.3 Å². The molecule has 0 fully saturated rings. The van der Waals surface area contributed by atoms with Gasteiger partial charge in [0.05, 0.1) is 10.0 Å². The molecule has 37 heavy (non-hydrogen) atoms. The molecule has 2 amide bonds. The van der Waals surface area contributed by atoms with E-state index in [4.69, 9.17) is 34.8 Å². The molecular formula is C29H31Cl3N2O2S. The van der Waals surface area contributed by atoms with E-state index in [0.717, 1.165) is 21.8 Å². The first-order valence-electron chi connectivity index (χ1n) is 12.2. The molecule has 0 radical (unpaired) electrons. The van der Waals surface area contributed by atoms with Crippen molar-refractivity contribution >= 4 is 58.4 Å². The lowest BCUT2D eigenvalue weighted by Gasteiger charge is -2.32. The van der Waals surface area contributed by atoms with Crippen LogP contribution >= 0.6 is 46.6 Å². The van der Waals surface area contributed by atoms with Crippen LogP contribution in [0.5, 0.6) is 0 Å². The fourth-order valence-electron chi connectivity index (χ4n) is 3.86. The highest BCUT2D eigenvalue weighted by molar-refractivity contribution is 7.99. The average Bonchev–Trinajstić information content (AvgIpc) is 2.87. The largest absolute Gasteiger partial charge is 0.352 e. The highest BCUT2D eigenvalue weighted by atomic mass is 35.5. The van der Waals surface area contributed by atoms with Crippen molar-refractivity contribution in [2.24, 2.45) is 0 Å². The normalized spacial score (nSPS) is 11.8. The predicted octanol–water partition coefficient (Wildman–Crippen LogP) is 7.68. The Labute approximate surface area is 238 Å². The van der Waals surface area contributed by atoms with E-state index in [1.54, 1.807) is 28.8 Å². The summed E-state index contributed by atoms with van der Waals surface area (Å²) in [5.74, 6) is 0.514. The Morgan fingerprint density at radius 1 is 0.892 bits per heavy atom. The molecular weight excluding hydrogens is 547 g/mol. The first-order chi connectivity index (χ1) is 17.7. The van der Waals surface area contributed by atoms with Gasteiger partial charge in [-0.05, 0) is 73.5 Å². The number of hydrogen-bond acceptors (Lipinski definition) is 3. The second kappa shape index (κ2) is 14.7. The number of thioether (sulfide) groups is 1. The van der Waals surface area contributed by atoms with Gasteiger partial charge in [0.1, 0.15) is 6.04 Å². The summed E-state index contributed by atoms with van der Waals surface area (Å²) in [5.41, 5.74) is 1.80. The van der Waals surface area contributed by atoms with Gasteiger partial charge >= 0.3 is 0 Å². The minimum atomic E-state index is -0.671. The molecule has 4 nitrogen and oxygen atoms in total. The van der Waals surface area contributed by atoms with Gasteiger partial charge in [-0.3, -0.25) is 9.59 Å². The summed E-state index contributed by atoms with van der Waals surface area (Å²) in [6.45, 7) is 4.08. The molecule has 0 aliphatic heterocycles. The minimum absolute atomic E-state index is 0.0523. The Bertz CT molecular complexity index is 1170. The lowest BCUT2D eigenvalue weighted by atomic mass is 10.0. The van der Waals surface area contributed by atoms with Crippen LogP contribution in [0.3, 0.4) is 0 Å². The molecule has 0 saturated heterocycles. The van der Waals surface area contributed by atoms with Crippen molar-refractivity contribution in [2.75, 3.05) is 5.75 Å². The van der Waals surface area contributed by atoms with Gasteiger partial charge in [0.2, 0.25) is 11.8 Å². The number of benzene rings is 3. The Morgan fingerprint density at radius 3 is 2.24 bits per heavy atom. The maximum Gasteiger partial charge on any atom is 0.243 e. The first-order valence-corrected chi connectivity index (χ1v) is 14.3. The number of rotatable bonds is 12. The number of carbonyl (C=O) groups is 2. The van der Waals surface area contributed by atoms with Crippen LogP contribution in [0, 0.1) is 0 Å². The molecule has 0 aromatic heterocycles. The quantitative estimate of drug-likeness (QED) is 0.177. The maximum absolute atomic E-state index is 13.6. The van der Waals surface area contributed by atoms with Crippen molar-refractivity contribution in [1.29, 1.82) is 0 Å². The summed E-state index contributed by atoms with van der Waals surface area (Å²) < 4.78 is 0. The van der Waals surface area contributed by atoms with Crippen molar-refractivity contribution in [1.82, 2.24) is 10.2 Å². The second-order valence-corrected chi connectivity index (χ2v) is 11.5. The second-order valence-electron chi connectivity index (χ2n) is 9.04. The molecule has 3 aromatic rings. The number of hydrogen-bond donors (Lipinski definition) is 1. The third kappa shape index (κ3) is 9.57. The van der Waals surface area contributed by atoms with E-state index >= 15 is 0 Å². The van der Waals surface area contributed by atoms with E-state index in [9.17, 15) is 9.59 Å². The van der Waals surface area contributed by atoms with E-state index in [1.165, 1.54) is 0 Å². The van der Waals surface area contributed by atoms with Crippen LogP contribution in [-0.4, -0.2) is 34.6 Å². The number of amides is 2. The number of halogens is 3. The zero-order valence-corrected chi connectivity index (χ0v) is 24.0. The maximum atomic E-state index is 13.6. The molecule has 0 aliphatic carbocycles. The predicted molar refractivity (Wildman–Crippen MR) is 156 cm³/mol. The average molecular weight is 578 g/mol. The van der Waals surface area contributed by atoms with E-state index in [0.29, 0.717) is 34.3 Å². The SMILES string of the molecule is CC(C)NC(=O)[C@H](Cc1ccccc1)N(Cc1ccc(Cl)c(Cl)c1)C(=O)CCCSc1ccc(Cl)cc1. The summed E-state index contributed by atoms with van der Waals surface area (Å²) in [4.78, 5) is 29.8. The van der Waals surface area contributed by atoms with Crippen molar-refractivity contribution in [3.8, 4) is 0 Å². The van der Waals surface area contributed by atoms with E-state index < -0.39 is 6.04 Å². The van der Waals surface area contributed by atoms with E-state index in [2.05, 4.69) is 5.32 Å². The van der Waals surface area contributed by atoms with Crippen LogP contribution in [0.2, 0.25) is 15.1 Å². The van der Waals surface area contributed by atoms with Crippen LogP contribution < -0.4 is 5.32 Å². The monoisotopic (exact) mass is 576 g/mol. The van der Waals surface area contributed by atoms with E-state index in [1.807, 2.05) is 74.5 Å². The lowest BCUT2D eigenvalue weighted by molar-refractivity contribution is -0.141. The van der Waals surface area contributed by atoms with Crippen molar-refractivity contribution in [2.45, 2.75) is 56.6 Å². The molecule has 0 bridgehead atoms. The van der Waals surface area contributed by atoms with Gasteiger partial charge in [-0.15, -0.1) is 11.8 Å². The number of nitrogens with one attached hydrogen (secondary N) is 1. The highest BCUT2D eigenvalue weighted by Gasteiger charge is 2.30. The van der Waals surface area contributed by atoms with Crippen molar-refractivity contribution in [3.05, 3.63) is 99.0 Å². The molecule has 1 N–H and O–H groups in total. The zero-order chi connectivity index (χ0) is 26.8. The Kier molecular flexibility index (Phi) is 11.7. The highest BCUT2D eigenvalue weighted by Crippen LogP contribution is 2.25. The van der Waals surface area contributed by atoms with Crippen LogP contribution in [0.4, 0.5) is 0 Å². The van der Waals surface area contributed by atoms with Crippen molar-refractivity contribution < 1.29 is 9.59 Å². The summed E-state index contributed by atoms with van der Waals surface area (Å²) in [6, 6.07) is 22.0. The summed E-state index contributed by atoms with van der Waals surface area (Å²) in [7, 11) is 0. The van der Waals surface area contributed by atoms with Crippen LogP contribution in [0.15, 0.2) is 77.7 Å². The van der Waals surface area contributed by atoms with Crippen molar-refractivity contribution in [3.63, 3.8) is 0 Å². The van der Waals surface area contributed by atoms with Crippen LogP contribution in [0.1, 0.15) is 37.8 Å². The van der Waals surface area contributed by atoms with Gasteiger partial charge in [0.15, 0.2) is 0 Å². The third-order valence-corrected chi connectivity index (χ3v) is 7.75. The zero-order valence-electron chi connectivity index (χ0n) is 20.9. The van der Waals surface area contributed by atoms with Gasteiger partial charge in [-0.2, -0.15) is 0 Å². The smallest absolute Gasteiger partial charge is 0.243 e. The molecule has 1 atom stereocenters. The van der Waals surface area contributed by atoms with Gasteiger partial charge in [-0.1, -0.05) is 71.2 Å². The number of nitrogens with zero attached hydrogens (tertiary/aromatic N) is 1. The molecule has 0 spiro atoms. The fourth-order valence-corrected chi connectivity index (χ4v) is 5.16. The van der Waals surface area contributed by atoms with Gasteiger partial charge in [-0.25, -0.2) is 0 Å². The molecule has 0 saturated carbocycles. The molecule has 0 unspecified atom stereocenters. The Balaban J connectivity index is 1.80. The minimum Gasteiger partial charge on any atom is -0.352 e. The standard InChI is InChI=1S/C29H31Cl3N2O2S/c1-20(2)33-29(36)27(18-21-7-4-3-5-8-21)34(19-22-10-15-25(31)26(32)17-22)28(35)9-6-16-37-24-13-11-23(30)12-14-24/h3-5,7-8,10-15,17,20,27H,6,9,16,18-19H2,1-2H3,(H,33,36)/t27-/m0/s1. The molecule has 0 heterocycles. The van der Waals surface area contributed by atoms with Gasteiger partial charge < -0.3 is 10.2 Å². The van der Waals surface area contributed by atoms with Crippen LogP contribution in [0.25, 0.3) is 0 Å². The topological polar surface area (TPSA) is 49.4 Å². The lowest BCUT2D eigenvalue weighted by Crippen LogP contribution is -2.51. The molecule has 3 aromatic carbocycles. The Morgan fingerprint density at radius 2 is 1.59 bits per heavy atom. The van der Waals surface area contributed by atoms with Gasteiger partial charge in [0.25, 0.3) is 0 Å². The Hall–Kier alpha value is -2.18. The molecule has 196 valence electrons. The summed E-state index contributed by atoms with van der Waals surface area (Å²) >= 11 is 20.0. The summed E-state index contributed by atoms with van der Waals surface area (Å²) in [6.07, 6.45) is 1.40.